The zero-order valence-electron chi connectivity index (χ0n) is 12.9. The molecule has 0 spiro atoms. The number of rotatable bonds is 4. The van der Waals surface area contributed by atoms with Gasteiger partial charge in [0, 0.05) is 5.70 Å². The monoisotopic (exact) mass is 300 g/mol. The van der Waals surface area contributed by atoms with E-state index in [0.29, 0.717) is 11.3 Å². The van der Waals surface area contributed by atoms with E-state index in [2.05, 4.69) is 10.6 Å². The van der Waals surface area contributed by atoms with Gasteiger partial charge in [0.1, 0.15) is 0 Å². The number of esters is 1. The van der Waals surface area contributed by atoms with Crippen molar-refractivity contribution in [3.63, 3.8) is 0 Å². The highest BCUT2D eigenvalue weighted by atomic mass is 16.5. The van der Waals surface area contributed by atoms with Crippen molar-refractivity contribution in [1.82, 2.24) is 10.6 Å². The van der Waals surface area contributed by atoms with Crippen molar-refractivity contribution >= 4 is 18.1 Å². The van der Waals surface area contributed by atoms with Gasteiger partial charge >= 0.3 is 12.0 Å². The molecule has 2 amide bonds. The van der Waals surface area contributed by atoms with Crippen LogP contribution in [0, 0.1) is 0 Å². The standard InChI is InChI=1S/C17H20N2O3/c1-11(2)22-16(20)15-12(3)18-17(21)19-14(15)10-9-13-7-5-4-6-8-13/h4-11,14H,1-3H3,(H2,18,19,21)/b10-9+/t14-/m1/s1. The second-order valence-electron chi connectivity index (χ2n) is 5.34. The maximum atomic E-state index is 12.2. The maximum Gasteiger partial charge on any atom is 0.338 e. The van der Waals surface area contributed by atoms with E-state index in [1.165, 1.54) is 0 Å². The highest BCUT2D eigenvalue weighted by molar-refractivity contribution is 5.95. The van der Waals surface area contributed by atoms with Gasteiger partial charge in [0.05, 0.1) is 17.7 Å². The van der Waals surface area contributed by atoms with Crippen LogP contribution in [0.15, 0.2) is 47.7 Å². The number of benzene rings is 1. The first kappa shape index (κ1) is 15.8. The average molecular weight is 300 g/mol. The minimum Gasteiger partial charge on any atom is -0.459 e. The van der Waals surface area contributed by atoms with Crippen molar-refractivity contribution in [3.05, 3.63) is 53.2 Å². The predicted octanol–water partition coefficient (Wildman–Crippen LogP) is 2.61. The van der Waals surface area contributed by atoms with Crippen molar-refractivity contribution in [2.24, 2.45) is 0 Å². The second-order valence-corrected chi connectivity index (χ2v) is 5.34. The molecule has 0 saturated carbocycles. The van der Waals surface area contributed by atoms with Gasteiger partial charge < -0.3 is 15.4 Å². The van der Waals surface area contributed by atoms with Crippen molar-refractivity contribution in [2.45, 2.75) is 32.9 Å². The van der Waals surface area contributed by atoms with Gasteiger partial charge in [0.25, 0.3) is 0 Å². The molecule has 0 aliphatic carbocycles. The number of hydrogen-bond donors (Lipinski definition) is 2. The molecule has 1 aromatic carbocycles. The molecule has 0 aromatic heterocycles. The summed E-state index contributed by atoms with van der Waals surface area (Å²) in [7, 11) is 0. The molecular weight excluding hydrogens is 280 g/mol. The number of nitrogens with one attached hydrogen (secondary N) is 2. The molecule has 0 saturated heterocycles. The normalized spacial score (nSPS) is 18.4. The van der Waals surface area contributed by atoms with Gasteiger partial charge in [-0.25, -0.2) is 9.59 Å². The number of carbonyl (C=O) groups excluding carboxylic acids is 2. The fourth-order valence-corrected chi connectivity index (χ4v) is 2.19. The van der Waals surface area contributed by atoms with Gasteiger partial charge in [0.15, 0.2) is 0 Å². The molecule has 2 rings (SSSR count). The first-order chi connectivity index (χ1) is 10.5. The van der Waals surface area contributed by atoms with Crippen LogP contribution in [-0.4, -0.2) is 24.1 Å². The Morgan fingerprint density at radius 3 is 2.59 bits per heavy atom. The largest absolute Gasteiger partial charge is 0.459 e. The van der Waals surface area contributed by atoms with E-state index in [1.807, 2.05) is 36.4 Å². The molecule has 2 N–H and O–H groups in total. The highest BCUT2D eigenvalue weighted by Crippen LogP contribution is 2.17. The molecule has 116 valence electrons. The molecule has 1 aliphatic rings. The van der Waals surface area contributed by atoms with Crippen molar-refractivity contribution in [2.75, 3.05) is 0 Å². The number of carbonyl (C=O) groups is 2. The smallest absolute Gasteiger partial charge is 0.338 e. The quantitative estimate of drug-likeness (QED) is 0.840. The minimum atomic E-state index is -0.514. The molecule has 0 bridgehead atoms. The van der Waals surface area contributed by atoms with E-state index in [0.717, 1.165) is 5.56 Å². The van der Waals surface area contributed by atoms with Crippen LogP contribution in [0.1, 0.15) is 26.3 Å². The summed E-state index contributed by atoms with van der Waals surface area (Å²) in [5.41, 5.74) is 1.92. The Balaban J connectivity index is 2.26. The van der Waals surface area contributed by atoms with Crippen LogP contribution in [0.4, 0.5) is 4.79 Å². The van der Waals surface area contributed by atoms with E-state index in [-0.39, 0.29) is 12.1 Å². The lowest BCUT2D eigenvalue weighted by Crippen LogP contribution is -2.49. The number of hydrogen-bond acceptors (Lipinski definition) is 3. The minimum absolute atomic E-state index is 0.218. The fourth-order valence-electron chi connectivity index (χ4n) is 2.19. The molecule has 5 nitrogen and oxygen atoms in total. The van der Waals surface area contributed by atoms with Gasteiger partial charge in [-0.3, -0.25) is 0 Å². The zero-order valence-corrected chi connectivity index (χ0v) is 12.9. The lowest BCUT2D eigenvalue weighted by Gasteiger charge is -2.26. The third-order valence-electron chi connectivity index (χ3n) is 3.15. The molecule has 5 heteroatoms. The number of urea groups is 1. The van der Waals surface area contributed by atoms with E-state index in [1.54, 1.807) is 26.8 Å². The Morgan fingerprint density at radius 1 is 1.27 bits per heavy atom. The molecule has 1 aliphatic heterocycles. The third-order valence-corrected chi connectivity index (χ3v) is 3.15. The van der Waals surface area contributed by atoms with E-state index in [4.69, 9.17) is 4.74 Å². The van der Waals surface area contributed by atoms with Crippen LogP contribution in [-0.2, 0) is 9.53 Å². The van der Waals surface area contributed by atoms with Crippen molar-refractivity contribution in [3.8, 4) is 0 Å². The average Bonchev–Trinajstić information content (AvgIpc) is 2.44. The van der Waals surface area contributed by atoms with Crippen LogP contribution in [0.25, 0.3) is 6.08 Å². The van der Waals surface area contributed by atoms with E-state index < -0.39 is 12.0 Å². The molecule has 0 unspecified atom stereocenters. The molecule has 22 heavy (non-hydrogen) atoms. The number of allylic oxidation sites excluding steroid dienone is 1. The molecule has 1 aromatic rings. The summed E-state index contributed by atoms with van der Waals surface area (Å²) in [6.07, 6.45) is 3.44. The number of ether oxygens (including phenoxy) is 1. The molecule has 1 atom stereocenters. The first-order valence-electron chi connectivity index (χ1n) is 7.20. The maximum absolute atomic E-state index is 12.2. The summed E-state index contributed by atoms with van der Waals surface area (Å²) in [6.45, 7) is 5.27. The van der Waals surface area contributed by atoms with E-state index >= 15 is 0 Å². The lowest BCUT2D eigenvalue weighted by atomic mass is 10.0. The summed E-state index contributed by atoms with van der Waals surface area (Å²) >= 11 is 0. The van der Waals surface area contributed by atoms with Gasteiger partial charge in [0.2, 0.25) is 0 Å². The molecular formula is C17H20N2O3. The van der Waals surface area contributed by atoms with Gasteiger partial charge in [-0.2, -0.15) is 0 Å². The van der Waals surface area contributed by atoms with Crippen LogP contribution >= 0.6 is 0 Å². The summed E-state index contributed by atoms with van der Waals surface area (Å²) < 4.78 is 5.26. The Morgan fingerprint density at radius 2 is 1.95 bits per heavy atom. The predicted molar refractivity (Wildman–Crippen MR) is 84.9 cm³/mol. The van der Waals surface area contributed by atoms with Crippen molar-refractivity contribution < 1.29 is 14.3 Å². The fraction of sp³-hybridized carbons (Fsp3) is 0.294. The van der Waals surface area contributed by atoms with Crippen LogP contribution in [0.5, 0.6) is 0 Å². The summed E-state index contributed by atoms with van der Waals surface area (Å²) in [6, 6.07) is 8.83. The van der Waals surface area contributed by atoms with Crippen LogP contribution in [0.2, 0.25) is 0 Å². The van der Waals surface area contributed by atoms with Gasteiger partial charge in [-0.1, -0.05) is 42.5 Å². The third kappa shape index (κ3) is 3.97. The van der Waals surface area contributed by atoms with E-state index in [9.17, 15) is 9.59 Å². The summed E-state index contributed by atoms with van der Waals surface area (Å²) in [5.74, 6) is -0.428. The SMILES string of the molecule is CC1=C(C(=O)OC(C)C)[C@@H](/C=C/c2ccccc2)NC(=O)N1. The molecule has 0 radical (unpaired) electrons. The van der Waals surface area contributed by atoms with Crippen molar-refractivity contribution in [1.29, 1.82) is 0 Å². The number of amides is 2. The highest BCUT2D eigenvalue weighted by Gasteiger charge is 2.29. The Bertz CT molecular complexity index is 618. The first-order valence-corrected chi connectivity index (χ1v) is 7.20. The summed E-state index contributed by atoms with van der Waals surface area (Å²) in [5, 5.41) is 5.33. The van der Waals surface area contributed by atoms with Gasteiger partial charge in [-0.05, 0) is 26.3 Å². The molecule has 0 fully saturated rings. The zero-order chi connectivity index (χ0) is 16.1. The second kappa shape index (κ2) is 6.93. The van der Waals surface area contributed by atoms with Crippen LogP contribution < -0.4 is 10.6 Å². The lowest BCUT2D eigenvalue weighted by molar-refractivity contribution is -0.143. The molecule has 1 heterocycles. The van der Waals surface area contributed by atoms with Crippen LogP contribution in [0.3, 0.4) is 0 Å². The Labute approximate surface area is 130 Å². The Kier molecular flexibility index (Phi) is 4.99. The topological polar surface area (TPSA) is 67.4 Å². The van der Waals surface area contributed by atoms with Gasteiger partial charge in [-0.15, -0.1) is 0 Å². The summed E-state index contributed by atoms with van der Waals surface area (Å²) in [4.78, 5) is 23.9. The Hall–Kier alpha value is -2.56.